The van der Waals surface area contributed by atoms with E-state index in [-0.39, 0.29) is 24.3 Å². The number of nitrogens with one attached hydrogen (secondary N) is 2. The third-order valence-electron chi connectivity index (χ3n) is 7.18. The molecule has 2 aliphatic rings. The van der Waals surface area contributed by atoms with E-state index < -0.39 is 0 Å². The summed E-state index contributed by atoms with van der Waals surface area (Å²) >= 11 is 0. The molecule has 0 spiro atoms. The minimum atomic E-state index is -0.101. The second kappa shape index (κ2) is 10.2. The molecule has 1 saturated carbocycles. The number of amides is 2. The van der Waals surface area contributed by atoms with Gasteiger partial charge in [-0.15, -0.1) is 0 Å². The van der Waals surface area contributed by atoms with Crippen molar-refractivity contribution in [2.24, 2.45) is 5.92 Å². The summed E-state index contributed by atoms with van der Waals surface area (Å²) in [4.78, 5) is 27.6. The highest BCUT2D eigenvalue weighted by molar-refractivity contribution is 5.94. The van der Waals surface area contributed by atoms with Crippen molar-refractivity contribution in [2.75, 3.05) is 30.3 Å². The van der Waals surface area contributed by atoms with Crippen LogP contribution in [0.4, 0.5) is 11.5 Å². The van der Waals surface area contributed by atoms with Crippen molar-refractivity contribution in [3.05, 3.63) is 47.2 Å². The Balaban J connectivity index is 1.34. The number of benzene rings is 1. The summed E-state index contributed by atoms with van der Waals surface area (Å²) in [5, 5.41) is 15.8. The molecule has 0 radical (unpaired) electrons. The van der Waals surface area contributed by atoms with Gasteiger partial charge in [0.1, 0.15) is 11.9 Å². The lowest BCUT2D eigenvalue weighted by Gasteiger charge is -2.30. The van der Waals surface area contributed by atoms with Crippen molar-refractivity contribution in [1.82, 2.24) is 9.47 Å². The van der Waals surface area contributed by atoms with Gasteiger partial charge < -0.3 is 15.2 Å². The summed E-state index contributed by atoms with van der Waals surface area (Å²) in [6, 6.07) is 12.2. The maximum Gasteiger partial charge on any atom is 0.239 e. The van der Waals surface area contributed by atoms with Crippen molar-refractivity contribution in [2.45, 2.75) is 58.4 Å². The first kappa shape index (κ1) is 23.1. The highest BCUT2D eigenvalue weighted by Crippen LogP contribution is 2.37. The second-order valence-electron chi connectivity index (χ2n) is 9.31. The van der Waals surface area contributed by atoms with Crippen LogP contribution >= 0.6 is 0 Å². The average molecular weight is 448 g/mol. The molecular weight excluding hydrogens is 414 g/mol. The molecule has 2 aromatic rings. The minimum Gasteiger partial charge on any atom is -0.327 e. The molecule has 1 aromatic heterocycles. The second-order valence-corrected chi connectivity index (χ2v) is 9.31. The van der Waals surface area contributed by atoms with E-state index in [2.05, 4.69) is 26.2 Å². The zero-order valence-electron chi connectivity index (χ0n) is 19.6. The Labute approximate surface area is 195 Å². The number of hydrogen-bond acceptors (Lipinski definition) is 4. The van der Waals surface area contributed by atoms with Gasteiger partial charge in [-0.05, 0) is 70.3 Å². The highest BCUT2D eigenvalue weighted by atomic mass is 16.2. The Bertz CT molecular complexity index is 1040. The van der Waals surface area contributed by atoms with E-state index in [1.54, 1.807) is 0 Å². The molecule has 33 heavy (non-hydrogen) atoms. The zero-order chi connectivity index (χ0) is 23.4. The lowest BCUT2D eigenvalue weighted by Crippen LogP contribution is -2.42. The van der Waals surface area contributed by atoms with Crippen molar-refractivity contribution in [3.8, 4) is 6.07 Å². The van der Waals surface area contributed by atoms with Crippen LogP contribution in [0.2, 0.25) is 0 Å². The van der Waals surface area contributed by atoms with Gasteiger partial charge >= 0.3 is 0 Å². The SMILES string of the molecule is Cc1c(C#N)c(NC(=O)CN2CCC(C(=O)Nc3ccccc3)CC2)n(C2CCCC2)c1C. The number of anilines is 2. The summed E-state index contributed by atoms with van der Waals surface area (Å²) in [6.45, 7) is 5.67. The van der Waals surface area contributed by atoms with Gasteiger partial charge in [-0.25, -0.2) is 0 Å². The van der Waals surface area contributed by atoms with Gasteiger partial charge in [-0.3, -0.25) is 14.5 Å². The predicted molar refractivity (Wildman–Crippen MR) is 129 cm³/mol. The molecule has 0 unspecified atom stereocenters. The topological polar surface area (TPSA) is 90.2 Å². The molecule has 2 N–H and O–H groups in total. The molecule has 7 nitrogen and oxygen atoms in total. The van der Waals surface area contributed by atoms with Crippen LogP contribution in [0.5, 0.6) is 0 Å². The molecule has 2 fully saturated rings. The molecule has 2 amide bonds. The fourth-order valence-corrected chi connectivity index (χ4v) is 5.20. The minimum absolute atomic E-state index is 0.0420. The van der Waals surface area contributed by atoms with E-state index >= 15 is 0 Å². The summed E-state index contributed by atoms with van der Waals surface area (Å²) in [6.07, 6.45) is 5.99. The highest BCUT2D eigenvalue weighted by Gasteiger charge is 2.29. The lowest BCUT2D eigenvalue weighted by atomic mass is 9.96. The Hall–Kier alpha value is -3.11. The van der Waals surface area contributed by atoms with Crippen LogP contribution in [0, 0.1) is 31.1 Å². The Morgan fingerprint density at radius 2 is 1.70 bits per heavy atom. The first-order chi connectivity index (χ1) is 16.0. The molecule has 1 saturated heterocycles. The molecule has 174 valence electrons. The van der Waals surface area contributed by atoms with E-state index in [1.165, 1.54) is 12.8 Å². The largest absolute Gasteiger partial charge is 0.327 e. The van der Waals surface area contributed by atoms with Crippen LogP contribution in [-0.4, -0.2) is 40.9 Å². The number of hydrogen-bond donors (Lipinski definition) is 2. The zero-order valence-corrected chi connectivity index (χ0v) is 19.6. The van der Waals surface area contributed by atoms with Crippen LogP contribution in [0.15, 0.2) is 30.3 Å². The summed E-state index contributed by atoms with van der Waals surface area (Å²) < 4.78 is 2.18. The molecule has 1 aromatic carbocycles. The van der Waals surface area contributed by atoms with Crippen LogP contribution < -0.4 is 10.6 Å². The maximum absolute atomic E-state index is 12.9. The number of carbonyl (C=O) groups excluding carboxylic acids is 2. The van der Waals surface area contributed by atoms with Crippen LogP contribution in [0.3, 0.4) is 0 Å². The molecule has 2 heterocycles. The molecule has 1 aliphatic heterocycles. The van der Waals surface area contributed by atoms with E-state index in [0.29, 0.717) is 30.5 Å². The monoisotopic (exact) mass is 447 g/mol. The van der Waals surface area contributed by atoms with Gasteiger partial charge in [0.2, 0.25) is 11.8 Å². The molecule has 0 atom stereocenters. The number of piperidine rings is 1. The number of likely N-dealkylation sites (tertiary alicyclic amines) is 1. The Morgan fingerprint density at radius 1 is 1.03 bits per heavy atom. The third-order valence-corrected chi connectivity index (χ3v) is 7.18. The van der Waals surface area contributed by atoms with E-state index in [0.717, 1.165) is 42.6 Å². The Kier molecular flexibility index (Phi) is 7.14. The van der Waals surface area contributed by atoms with Gasteiger partial charge in [0.05, 0.1) is 12.1 Å². The van der Waals surface area contributed by atoms with Gasteiger partial charge in [-0.1, -0.05) is 31.0 Å². The first-order valence-corrected chi connectivity index (χ1v) is 12.0. The van der Waals surface area contributed by atoms with Crippen LogP contribution in [0.1, 0.15) is 61.4 Å². The average Bonchev–Trinajstić information content (AvgIpc) is 3.41. The number of rotatable bonds is 6. The smallest absolute Gasteiger partial charge is 0.239 e. The molecular formula is C26H33N5O2. The lowest BCUT2D eigenvalue weighted by molar-refractivity contribution is -0.121. The number of aromatic nitrogens is 1. The predicted octanol–water partition coefficient (Wildman–Crippen LogP) is 4.38. The van der Waals surface area contributed by atoms with Crippen LogP contribution in [-0.2, 0) is 9.59 Å². The summed E-state index contributed by atoms with van der Waals surface area (Å²) in [7, 11) is 0. The molecule has 4 rings (SSSR count). The number of para-hydroxylation sites is 1. The number of nitrogens with zero attached hydrogens (tertiary/aromatic N) is 3. The quantitative estimate of drug-likeness (QED) is 0.688. The molecule has 7 heteroatoms. The normalized spacial score (nSPS) is 17.6. The van der Waals surface area contributed by atoms with Crippen molar-refractivity contribution < 1.29 is 9.59 Å². The number of carbonyl (C=O) groups is 2. The van der Waals surface area contributed by atoms with Gasteiger partial charge in [-0.2, -0.15) is 5.26 Å². The molecule has 1 aliphatic carbocycles. The van der Waals surface area contributed by atoms with Crippen molar-refractivity contribution >= 4 is 23.3 Å². The van der Waals surface area contributed by atoms with Crippen LogP contribution in [0.25, 0.3) is 0 Å². The van der Waals surface area contributed by atoms with E-state index in [4.69, 9.17) is 0 Å². The fourth-order valence-electron chi connectivity index (χ4n) is 5.20. The summed E-state index contributed by atoms with van der Waals surface area (Å²) in [5.74, 6) is 0.556. The first-order valence-electron chi connectivity index (χ1n) is 12.0. The Morgan fingerprint density at radius 3 is 2.33 bits per heavy atom. The van der Waals surface area contributed by atoms with Crippen molar-refractivity contribution in [1.29, 1.82) is 5.26 Å². The maximum atomic E-state index is 12.9. The van der Waals surface area contributed by atoms with E-state index in [1.807, 2.05) is 44.2 Å². The van der Waals surface area contributed by atoms with Crippen molar-refractivity contribution in [3.63, 3.8) is 0 Å². The van der Waals surface area contributed by atoms with Gasteiger partial charge in [0.25, 0.3) is 0 Å². The fraction of sp³-hybridized carbons (Fsp3) is 0.500. The standard InChI is InChI=1S/C26H33N5O2/c1-18-19(2)31(22-10-6-7-11-22)25(23(18)16-27)29-24(32)17-30-14-12-20(13-15-30)26(33)28-21-8-4-3-5-9-21/h3-5,8-9,20,22H,6-7,10-15,17H2,1-2H3,(H,28,33)(H,29,32). The van der Waals surface area contributed by atoms with Gasteiger partial charge in [0.15, 0.2) is 0 Å². The van der Waals surface area contributed by atoms with E-state index in [9.17, 15) is 14.9 Å². The van der Waals surface area contributed by atoms with Gasteiger partial charge in [0, 0.05) is 23.3 Å². The third kappa shape index (κ3) is 5.12. The molecule has 0 bridgehead atoms. The number of nitriles is 1. The summed E-state index contributed by atoms with van der Waals surface area (Å²) in [5.41, 5.74) is 3.40.